The summed E-state index contributed by atoms with van der Waals surface area (Å²) in [5, 5.41) is 1.92. The average molecular weight is 300 g/mol. The highest BCUT2D eigenvalue weighted by atomic mass is 32.2. The fourth-order valence-electron chi connectivity index (χ4n) is 2.68. The quantitative estimate of drug-likeness (QED) is 0.932. The maximum atomic E-state index is 12.8. The van der Waals surface area contributed by atoms with Gasteiger partial charge in [0.1, 0.15) is 0 Å². The van der Waals surface area contributed by atoms with Gasteiger partial charge in [0.15, 0.2) is 15.8 Å². The molecule has 1 aliphatic rings. The smallest absolute Gasteiger partial charge is 0.263 e. The number of hydrogen-bond donors (Lipinski definition) is 1. The van der Waals surface area contributed by atoms with E-state index in [2.05, 4.69) is 4.98 Å². The van der Waals surface area contributed by atoms with Gasteiger partial charge in [-0.15, -0.1) is 11.3 Å². The molecule has 1 aliphatic heterocycles. The third-order valence-corrected chi connectivity index (χ3v) is 6.34. The van der Waals surface area contributed by atoms with E-state index in [9.17, 15) is 8.42 Å². The third kappa shape index (κ3) is 1.86. The molecule has 2 aromatic rings. The molecule has 8 heteroatoms. The van der Waals surface area contributed by atoms with E-state index < -0.39 is 10.0 Å². The predicted molar refractivity (Wildman–Crippen MR) is 74.7 cm³/mol. The normalized spacial score (nSPS) is 21.4. The summed E-state index contributed by atoms with van der Waals surface area (Å²) in [7, 11) is -3.57. The molecule has 0 spiro atoms. The summed E-state index contributed by atoms with van der Waals surface area (Å²) in [4.78, 5) is 4.73. The van der Waals surface area contributed by atoms with Gasteiger partial charge in [0.2, 0.25) is 0 Å². The van der Waals surface area contributed by atoms with Gasteiger partial charge in [0.25, 0.3) is 10.0 Å². The number of hydrogen-bond acceptors (Lipinski definition) is 5. The van der Waals surface area contributed by atoms with E-state index in [0.717, 1.165) is 19.3 Å². The van der Waals surface area contributed by atoms with E-state index in [4.69, 9.17) is 5.73 Å². The van der Waals surface area contributed by atoms with Crippen LogP contribution in [0.1, 0.15) is 26.2 Å². The Kier molecular flexibility index (Phi) is 3.03. The first-order chi connectivity index (χ1) is 9.05. The number of sulfonamides is 1. The van der Waals surface area contributed by atoms with E-state index in [0.29, 0.717) is 11.5 Å². The predicted octanol–water partition coefficient (Wildman–Crippen LogP) is 1.54. The number of thiazole rings is 1. The lowest BCUT2D eigenvalue weighted by Gasteiger charge is -2.22. The second-order valence-corrected chi connectivity index (χ2v) is 7.36. The lowest BCUT2D eigenvalue weighted by Crippen LogP contribution is -2.36. The number of fused-ring (bicyclic) bond motifs is 1. The second kappa shape index (κ2) is 4.46. The topological polar surface area (TPSA) is 80.7 Å². The van der Waals surface area contributed by atoms with Gasteiger partial charge < -0.3 is 5.73 Å². The van der Waals surface area contributed by atoms with Crippen molar-refractivity contribution in [3.8, 4) is 0 Å². The Morgan fingerprint density at radius 2 is 2.37 bits per heavy atom. The summed E-state index contributed by atoms with van der Waals surface area (Å²) in [6.45, 7) is 2.58. The minimum absolute atomic E-state index is 0.0774. The Bertz CT molecular complexity index is 703. The second-order valence-electron chi connectivity index (χ2n) is 4.68. The lowest BCUT2D eigenvalue weighted by atomic mass is 10.2. The van der Waals surface area contributed by atoms with Crippen LogP contribution < -0.4 is 5.73 Å². The van der Waals surface area contributed by atoms with Crippen LogP contribution in [0.25, 0.3) is 4.96 Å². The van der Waals surface area contributed by atoms with Crippen LogP contribution in [0.2, 0.25) is 0 Å². The fourth-order valence-corrected chi connectivity index (χ4v) is 5.41. The van der Waals surface area contributed by atoms with Crippen LogP contribution >= 0.6 is 11.3 Å². The molecule has 1 fully saturated rings. The van der Waals surface area contributed by atoms with Crippen LogP contribution in [0.15, 0.2) is 16.6 Å². The molecule has 0 amide bonds. The molecule has 2 aromatic heterocycles. The molecular weight excluding hydrogens is 284 g/mol. The van der Waals surface area contributed by atoms with Crippen molar-refractivity contribution in [2.45, 2.75) is 37.3 Å². The van der Waals surface area contributed by atoms with Gasteiger partial charge in [-0.2, -0.15) is 4.31 Å². The molecule has 1 saturated heterocycles. The van der Waals surface area contributed by atoms with Gasteiger partial charge in [0.05, 0.1) is 0 Å². The third-order valence-electron chi connectivity index (χ3n) is 3.59. The zero-order chi connectivity index (χ0) is 13.6. The first-order valence-corrected chi connectivity index (χ1v) is 8.60. The van der Waals surface area contributed by atoms with E-state index in [1.54, 1.807) is 14.9 Å². The molecule has 0 saturated carbocycles. The number of nitrogens with two attached hydrogens (primary N) is 1. The SMILES string of the molecule is CCC1CCCN1S(=O)(=O)c1c(N)nc2sccn12. The Morgan fingerprint density at radius 3 is 3.11 bits per heavy atom. The Morgan fingerprint density at radius 1 is 1.58 bits per heavy atom. The van der Waals surface area contributed by atoms with Crippen molar-refractivity contribution in [2.75, 3.05) is 12.3 Å². The Hall–Kier alpha value is -1.12. The first kappa shape index (κ1) is 12.9. The van der Waals surface area contributed by atoms with E-state index in [1.165, 1.54) is 11.3 Å². The molecule has 6 nitrogen and oxygen atoms in total. The molecule has 0 aliphatic carbocycles. The van der Waals surface area contributed by atoms with E-state index in [1.807, 2.05) is 12.3 Å². The van der Waals surface area contributed by atoms with Gasteiger partial charge in [0, 0.05) is 24.2 Å². The van der Waals surface area contributed by atoms with E-state index in [-0.39, 0.29) is 16.9 Å². The molecule has 2 N–H and O–H groups in total. The molecule has 0 radical (unpaired) electrons. The number of aromatic nitrogens is 2. The number of nitrogen functional groups attached to an aromatic ring is 1. The van der Waals surface area contributed by atoms with Gasteiger partial charge in [-0.05, 0) is 19.3 Å². The van der Waals surface area contributed by atoms with Crippen molar-refractivity contribution in [3.05, 3.63) is 11.6 Å². The van der Waals surface area contributed by atoms with Crippen molar-refractivity contribution in [1.29, 1.82) is 0 Å². The maximum absolute atomic E-state index is 12.8. The highest BCUT2D eigenvalue weighted by Gasteiger charge is 2.37. The summed E-state index contributed by atoms with van der Waals surface area (Å²) in [5.41, 5.74) is 5.81. The zero-order valence-electron chi connectivity index (χ0n) is 10.6. The molecule has 1 unspecified atom stereocenters. The van der Waals surface area contributed by atoms with Crippen LogP contribution in [-0.2, 0) is 10.0 Å². The van der Waals surface area contributed by atoms with Gasteiger partial charge >= 0.3 is 0 Å². The molecule has 1 atom stereocenters. The van der Waals surface area contributed by atoms with Crippen molar-refractivity contribution in [1.82, 2.24) is 13.7 Å². The van der Waals surface area contributed by atoms with Crippen molar-refractivity contribution in [2.24, 2.45) is 0 Å². The molecule has 104 valence electrons. The molecule has 0 aromatic carbocycles. The van der Waals surface area contributed by atoms with Crippen molar-refractivity contribution in [3.63, 3.8) is 0 Å². The minimum Gasteiger partial charge on any atom is -0.381 e. The summed E-state index contributed by atoms with van der Waals surface area (Å²) in [6, 6.07) is 0.0774. The highest BCUT2D eigenvalue weighted by molar-refractivity contribution is 7.89. The monoisotopic (exact) mass is 300 g/mol. The molecule has 3 rings (SSSR count). The Balaban J connectivity index is 2.14. The summed E-state index contributed by atoms with van der Waals surface area (Å²) in [5.74, 6) is 0.0913. The van der Waals surface area contributed by atoms with Crippen LogP contribution in [-0.4, -0.2) is 34.7 Å². The summed E-state index contributed by atoms with van der Waals surface area (Å²) in [6.07, 6.45) is 4.35. The summed E-state index contributed by atoms with van der Waals surface area (Å²) < 4.78 is 28.7. The highest BCUT2D eigenvalue weighted by Crippen LogP contribution is 2.31. The van der Waals surface area contributed by atoms with E-state index >= 15 is 0 Å². The van der Waals surface area contributed by atoms with Gasteiger partial charge in [-0.25, -0.2) is 13.4 Å². The number of imidazole rings is 1. The van der Waals surface area contributed by atoms with Gasteiger partial charge in [-0.3, -0.25) is 4.40 Å². The largest absolute Gasteiger partial charge is 0.381 e. The lowest BCUT2D eigenvalue weighted by molar-refractivity contribution is 0.378. The average Bonchev–Trinajstić information content (AvgIpc) is 3.01. The number of rotatable bonds is 3. The molecule has 3 heterocycles. The van der Waals surface area contributed by atoms with Crippen molar-refractivity contribution >= 4 is 32.1 Å². The maximum Gasteiger partial charge on any atom is 0.263 e. The zero-order valence-corrected chi connectivity index (χ0v) is 12.2. The van der Waals surface area contributed by atoms with Gasteiger partial charge in [-0.1, -0.05) is 6.92 Å². The van der Waals surface area contributed by atoms with Crippen LogP contribution in [0.3, 0.4) is 0 Å². The number of anilines is 1. The van der Waals surface area contributed by atoms with Crippen LogP contribution in [0.4, 0.5) is 5.82 Å². The fraction of sp³-hybridized carbons (Fsp3) is 0.545. The minimum atomic E-state index is -3.57. The molecular formula is C11H16N4O2S2. The van der Waals surface area contributed by atoms with Crippen molar-refractivity contribution < 1.29 is 8.42 Å². The first-order valence-electron chi connectivity index (χ1n) is 6.28. The number of nitrogens with zero attached hydrogens (tertiary/aromatic N) is 3. The standard InChI is InChI=1S/C11H16N4O2S2/c1-2-8-4-3-5-15(8)19(16,17)10-9(12)13-11-14(10)6-7-18-11/h6-8H,2-5,12H2,1H3. The van der Waals surface area contributed by atoms with Crippen LogP contribution in [0, 0.1) is 0 Å². The summed E-state index contributed by atoms with van der Waals surface area (Å²) >= 11 is 1.38. The molecule has 19 heavy (non-hydrogen) atoms. The van der Waals surface area contributed by atoms with Crippen LogP contribution in [0.5, 0.6) is 0 Å². The molecule has 0 bridgehead atoms. The Labute approximate surface area is 115 Å².